The molecule has 12 heteroatoms. The Morgan fingerprint density at radius 1 is 1.13 bits per heavy atom. The first-order valence-corrected chi connectivity index (χ1v) is 17.4. The second kappa shape index (κ2) is 15.2. The van der Waals surface area contributed by atoms with Crippen molar-refractivity contribution in [2.45, 2.75) is 69.1 Å². The van der Waals surface area contributed by atoms with Crippen molar-refractivity contribution < 1.29 is 18.3 Å². The van der Waals surface area contributed by atoms with E-state index in [0.717, 1.165) is 66.8 Å². The Morgan fingerprint density at radius 2 is 1.91 bits per heavy atom. The van der Waals surface area contributed by atoms with Gasteiger partial charge in [0.05, 0.1) is 29.1 Å². The van der Waals surface area contributed by atoms with Crippen LogP contribution in [0.2, 0.25) is 10.0 Å². The molecule has 1 saturated carbocycles. The molecule has 0 spiro atoms. The molecule has 7 nitrogen and oxygen atoms in total. The van der Waals surface area contributed by atoms with E-state index in [9.17, 15) is 13.6 Å². The molecule has 252 valence electrons. The zero-order valence-electron chi connectivity index (χ0n) is 26.3. The van der Waals surface area contributed by atoms with Crippen LogP contribution in [-0.2, 0) is 11.3 Å². The van der Waals surface area contributed by atoms with Gasteiger partial charge in [-0.3, -0.25) is 4.79 Å². The van der Waals surface area contributed by atoms with Crippen molar-refractivity contribution in [3.05, 3.63) is 87.0 Å². The number of anilines is 1. The molecule has 1 aromatic heterocycles. The number of benzene rings is 2. The highest BCUT2D eigenvalue weighted by atomic mass is 35.5. The van der Waals surface area contributed by atoms with Crippen LogP contribution in [0.25, 0.3) is 0 Å². The van der Waals surface area contributed by atoms with E-state index < -0.39 is 11.9 Å². The number of aromatic nitrogens is 1. The van der Waals surface area contributed by atoms with E-state index in [-0.39, 0.29) is 36.4 Å². The molecule has 1 amide bonds. The first-order valence-electron chi connectivity index (χ1n) is 16.3. The monoisotopic (exact) mass is 705 g/mol. The number of pyridine rings is 1. The molecule has 2 saturated heterocycles. The topological polar surface area (TPSA) is 69.7 Å². The molecule has 6 rings (SSSR count). The zero-order chi connectivity index (χ0) is 33.1. The normalized spacial score (nSPS) is 22.0. The number of nitrogens with one attached hydrogen (secondary N) is 2. The highest BCUT2D eigenvalue weighted by molar-refractivity contribution is 6.37. The summed E-state index contributed by atoms with van der Waals surface area (Å²) in [7, 11) is 0. The van der Waals surface area contributed by atoms with Crippen molar-refractivity contribution in [3.63, 3.8) is 0 Å². The van der Waals surface area contributed by atoms with Crippen LogP contribution in [0.15, 0.2) is 54.7 Å². The first-order chi connectivity index (χ1) is 22.7. The number of halogens is 5. The lowest BCUT2D eigenvalue weighted by Gasteiger charge is -2.37. The number of rotatable bonds is 12. The Bertz CT molecular complexity index is 1520. The molecule has 4 atom stereocenters. The van der Waals surface area contributed by atoms with Gasteiger partial charge < -0.3 is 25.2 Å². The van der Waals surface area contributed by atoms with Crippen LogP contribution < -0.4 is 20.3 Å². The maximum Gasteiger partial charge on any atom is 0.250 e. The molecule has 3 fully saturated rings. The molecular weight excluding hydrogens is 667 g/mol. The molecule has 2 aromatic carbocycles. The van der Waals surface area contributed by atoms with E-state index in [1.807, 2.05) is 60.5 Å². The van der Waals surface area contributed by atoms with Crippen molar-refractivity contribution in [2.75, 3.05) is 37.6 Å². The number of nitrogens with zero attached hydrogens (tertiary/aromatic N) is 3. The van der Waals surface area contributed by atoms with Gasteiger partial charge >= 0.3 is 0 Å². The van der Waals surface area contributed by atoms with Crippen LogP contribution in [-0.4, -0.2) is 67.1 Å². The van der Waals surface area contributed by atoms with Crippen molar-refractivity contribution in [2.24, 2.45) is 5.92 Å². The predicted octanol–water partition coefficient (Wildman–Crippen LogP) is 7.33. The maximum atomic E-state index is 14.3. The van der Waals surface area contributed by atoms with Crippen LogP contribution in [0, 0.1) is 12.8 Å². The molecule has 1 aliphatic carbocycles. The lowest BCUT2D eigenvalue weighted by Crippen LogP contribution is -2.47. The smallest absolute Gasteiger partial charge is 0.250 e. The quantitative estimate of drug-likeness (QED) is 0.152. The van der Waals surface area contributed by atoms with Gasteiger partial charge in [0.15, 0.2) is 5.75 Å². The Kier molecular flexibility index (Phi) is 11.1. The molecular formula is C35H40Cl3F2N5O2. The lowest BCUT2D eigenvalue weighted by atomic mass is 9.80. The van der Waals surface area contributed by atoms with Gasteiger partial charge in [0.2, 0.25) is 5.91 Å². The van der Waals surface area contributed by atoms with Gasteiger partial charge in [-0.25, -0.2) is 13.8 Å². The number of ether oxygens (including phenoxy) is 1. The molecule has 1 unspecified atom stereocenters. The van der Waals surface area contributed by atoms with E-state index in [2.05, 4.69) is 21.6 Å². The molecule has 3 aliphatic rings. The van der Waals surface area contributed by atoms with Crippen LogP contribution in [0.3, 0.4) is 0 Å². The summed E-state index contributed by atoms with van der Waals surface area (Å²) in [5, 5.41) is 7.20. The SMILES string of the molecule is Cc1cc(Cl)c(O[C@@H]2CCN(c3ccc([C@H]4CCNC[C@@H]4C(=O)N(C4CC4)C(Cl)c4cccc(CNCC(F)F)c4)cn3)C2)c(Cl)c1. The Hall–Kier alpha value is -2.69. The van der Waals surface area contributed by atoms with Crippen LogP contribution in [0.1, 0.15) is 59.4 Å². The summed E-state index contributed by atoms with van der Waals surface area (Å²) in [6.45, 7) is 4.70. The molecule has 47 heavy (non-hydrogen) atoms. The number of hydrogen-bond acceptors (Lipinski definition) is 6. The predicted molar refractivity (Wildman–Crippen MR) is 183 cm³/mol. The summed E-state index contributed by atoms with van der Waals surface area (Å²) in [5.74, 6) is 1.12. The summed E-state index contributed by atoms with van der Waals surface area (Å²) in [4.78, 5) is 23.2. The highest BCUT2D eigenvalue weighted by Crippen LogP contribution is 2.41. The third-order valence-corrected chi connectivity index (χ3v) is 10.2. The van der Waals surface area contributed by atoms with Crippen molar-refractivity contribution >= 4 is 46.5 Å². The van der Waals surface area contributed by atoms with E-state index in [1.165, 1.54) is 0 Å². The van der Waals surface area contributed by atoms with E-state index in [0.29, 0.717) is 35.4 Å². The average molecular weight is 707 g/mol. The second-order valence-electron chi connectivity index (χ2n) is 12.8. The highest BCUT2D eigenvalue weighted by Gasteiger charge is 2.43. The zero-order valence-corrected chi connectivity index (χ0v) is 28.5. The van der Waals surface area contributed by atoms with Gasteiger partial charge in [-0.1, -0.05) is 65.1 Å². The molecule has 3 heterocycles. The molecule has 2 aliphatic heterocycles. The van der Waals surface area contributed by atoms with Gasteiger partial charge in [-0.15, -0.1) is 0 Å². The van der Waals surface area contributed by atoms with Crippen LogP contribution in [0.4, 0.5) is 14.6 Å². The van der Waals surface area contributed by atoms with Crippen molar-refractivity contribution in [1.29, 1.82) is 0 Å². The fourth-order valence-corrected chi connectivity index (χ4v) is 7.75. The van der Waals surface area contributed by atoms with Gasteiger partial charge in [0.1, 0.15) is 17.4 Å². The minimum Gasteiger partial charge on any atom is -0.485 e. The van der Waals surface area contributed by atoms with Crippen molar-refractivity contribution in [3.8, 4) is 5.75 Å². The minimum absolute atomic E-state index is 0.000721. The Morgan fingerprint density at radius 3 is 2.62 bits per heavy atom. The van der Waals surface area contributed by atoms with Crippen molar-refractivity contribution in [1.82, 2.24) is 20.5 Å². The first kappa shape index (κ1) is 34.2. The standard InChI is InChI=1S/C35H40Cl3F2N5O2/c1-21-13-29(36)33(30(37)14-21)47-26-10-12-44(20-26)32-8-5-24(17-43-32)27-9-11-41-18-28(27)35(46)45(25-6-7-25)34(38)23-4-2-3-22(15-23)16-42-19-31(39)40/h2-5,8,13-15,17,25-28,31,34,41-42H,6-7,9-12,16,18-20H2,1H3/t26-,27-,28+,34?/m1/s1. The van der Waals surface area contributed by atoms with Gasteiger partial charge in [-0.05, 0) is 79.1 Å². The van der Waals surface area contributed by atoms with Crippen LogP contribution in [0.5, 0.6) is 5.75 Å². The van der Waals surface area contributed by atoms with Gasteiger partial charge in [0, 0.05) is 38.3 Å². The molecule has 0 bridgehead atoms. The number of amides is 1. The lowest BCUT2D eigenvalue weighted by molar-refractivity contribution is -0.138. The Labute approximate surface area is 289 Å². The number of carbonyl (C=O) groups excluding carboxylic acids is 1. The molecule has 2 N–H and O–H groups in total. The summed E-state index contributed by atoms with van der Waals surface area (Å²) in [6.07, 6.45) is 2.88. The number of hydrogen-bond donors (Lipinski definition) is 2. The minimum atomic E-state index is -2.41. The second-order valence-corrected chi connectivity index (χ2v) is 14.0. The molecule has 3 aromatic rings. The number of aryl methyl sites for hydroxylation is 1. The Balaban J connectivity index is 1.12. The third kappa shape index (κ3) is 8.31. The summed E-state index contributed by atoms with van der Waals surface area (Å²) >= 11 is 19.9. The number of carbonyl (C=O) groups is 1. The summed E-state index contributed by atoms with van der Waals surface area (Å²) in [5.41, 5.74) is 3.00. The number of alkyl halides is 3. The summed E-state index contributed by atoms with van der Waals surface area (Å²) in [6, 6.07) is 15.4. The summed E-state index contributed by atoms with van der Waals surface area (Å²) < 4.78 is 31.4. The molecule has 0 radical (unpaired) electrons. The van der Waals surface area contributed by atoms with Gasteiger partial charge in [-0.2, -0.15) is 0 Å². The van der Waals surface area contributed by atoms with E-state index in [1.54, 1.807) is 0 Å². The van der Waals surface area contributed by atoms with E-state index in [4.69, 9.17) is 44.5 Å². The fourth-order valence-electron chi connectivity index (χ4n) is 6.68. The third-order valence-electron chi connectivity index (χ3n) is 9.19. The maximum absolute atomic E-state index is 14.3. The van der Waals surface area contributed by atoms with Crippen LogP contribution >= 0.6 is 34.8 Å². The van der Waals surface area contributed by atoms with Gasteiger partial charge in [0.25, 0.3) is 6.43 Å². The number of piperidine rings is 1. The fraction of sp³-hybridized carbons (Fsp3) is 0.486. The van der Waals surface area contributed by atoms with E-state index >= 15 is 0 Å². The largest absolute Gasteiger partial charge is 0.485 e. The average Bonchev–Trinajstić information content (AvgIpc) is 3.78.